The second-order valence-corrected chi connectivity index (χ2v) is 6.20. The van der Waals surface area contributed by atoms with Crippen LogP contribution in [0.3, 0.4) is 0 Å². The molecule has 0 radical (unpaired) electrons. The van der Waals surface area contributed by atoms with Gasteiger partial charge in [0, 0.05) is 11.1 Å². The van der Waals surface area contributed by atoms with E-state index in [-0.39, 0.29) is 16.0 Å². The minimum absolute atomic E-state index is 0.0269. The van der Waals surface area contributed by atoms with Crippen LogP contribution in [0.5, 0.6) is 0 Å². The smallest absolute Gasteiger partial charge is 0.240 e. The largest absolute Gasteiger partial charge is 0.393 e. The van der Waals surface area contributed by atoms with Gasteiger partial charge in [-0.05, 0) is 31.0 Å². The van der Waals surface area contributed by atoms with E-state index in [9.17, 15) is 12.8 Å². The molecule has 2 N–H and O–H groups in total. The minimum Gasteiger partial charge on any atom is -0.393 e. The molecular weight excluding hydrogens is 269 g/mol. The van der Waals surface area contributed by atoms with Crippen LogP contribution in [0.2, 0.25) is 5.02 Å². The second-order valence-electron chi connectivity index (χ2n) is 4.05. The molecule has 0 spiro atoms. The number of halogens is 2. The molecule has 4 nitrogen and oxygen atoms in total. The molecule has 0 atom stereocenters. The molecule has 0 aromatic heterocycles. The first-order valence-electron chi connectivity index (χ1n) is 5.03. The fraction of sp³-hybridized carbons (Fsp3) is 0.400. The van der Waals surface area contributed by atoms with E-state index in [1.165, 1.54) is 6.07 Å². The van der Waals surface area contributed by atoms with Crippen LogP contribution in [-0.4, -0.2) is 25.7 Å². The quantitative estimate of drug-likeness (QED) is 0.876. The van der Waals surface area contributed by atoms with Gasteiger partial charge in [0.15, 0.2) is 0 Å². The molecule has 1 fully saturated rings. The molecular formula is C10H11ClFNO3S. The number of aliphatic hydroxyl groups is 1. The molecule has 0 unspecified atom stereocenters. The van der Waals surface area contributed by atoms with Gasteiger partial charge in [-0.15, -0.1) is 0 Å². The van der Waals surface area contributed by atoms with E-state index in [0.717, 1.165) is 12.1 Å². The van der Waals surface area contributed by atoms with E-state index in [1.807, 2.05) is 0 Å². The van der Waals surface area contributed by atoms with E-state index in [0.29, 0.717) is 12.8 Å². The highest BCUT2D eigenvalue weighted by Gasteiger charge is 2.31. The highest BCUT2D eigenvalue weighted by molar-refractivity contribution is 7.89. The molecule has 0 saturated heterocycles. The molecule has 2 rings (SSSR count). The van der Waals surface area contributed by atoms with Crippen LogP contribution < -0.4 is 4.72 Å². The first-order valence-corrected chi connectivity index (χ1v) is 6.89. The van der Waals surface area contributed by atoms with Gasteiger partial charge in [0.1, 0.15) is 5.82 Å². The van der Waals surface area contributed by atoms with Crippen molar-refractivity contribution in [3.05, 3.63) is 29.0 Å². The molecule has 1 aromatic carbocycles. The number of hydrogen-bond donors (Lipinski definition) is 2. The lowest BCUT2D eigenvalue weighted by molar-refractivity contribution is 0.0712. The van der Waals surface area contributed by atoms with Gasteiger partial charge in [-0.1, -0.05) is 11.6 Å². The molecule has 1 saturated carbocycles. The first-order chi connectivity index (χ1) is 7.87. The summed E-state index contributed by atoms with van der Waals surface area (Å²) in [5, 5.41) is 9.08. The van der Waals surface area contributed by atoms with Crippen molar-refractivity contribution >= 4 is 21.6 Å². The third kappa shape index (κ3) is 2.95. The van der Waals surface area contributed by atoms with Crippen LogP contribution in [0.1, 0.15) is 12.8 Å². The van der Waals surface area contributed by atoms with Crippen LogP contribution in [-0.2, 0) is 10.0 Å². The van der Waals surface area contributed by atoms with Gasteiger partial charge >= 0.3 is 0 Å². The van der Waals surface area contributed by atoms with Crippen molar-refractivity contribution < 1.29 is 17.9 Å². The van der Waals surface area contributed by atoms with Gasteiger partial charge < -0.3 is 5.11 Å². The van der Waals surface area contributed by atoms with E-state index in [2.05, 4.69) is 4.72 Å². The lowest BCUT2D eigenvalue weighted by Crippen LogP contribution is -2.46. The second kappa shape index (κ2) is 4.53. The van der Waals surface area contributed by atoms with Crippen molar-refractivity contribution in [3.63, 3.8) is 0 Å². The first kappa shape index (κ1) is 12.8. The van der Waals surface area contributed by atoms with Crippen molar-refractivity contribution in [2.75, 3.05) is 0 Å². The third-order valence-corrected chi connectivity index (χ3v) is 4.30. The summed E-state index contributed by atoms with van der Waals surface area (Å²) in [5.74, 6) is -0.702. The Morgan fingerprint density at radius 1 is 1.35 bits per heavy atom. The summed E-state index contributed by atoms with van der Waals surface area (Å²) in [6, 6.07) is 2.83. The maximum absolute atomic E-state index is 13.0. The average Bonchev–Trinajstić information content (AvgIpc) is 2.13. The molecule has 94 valence electrons. The average molecular weight is 280 g/mol. The summed E-state index contributed by atoms with van der Waals surface area (Å²) in [5.41, 5.74) is 0. The molecule has 17 heavy (non-hydrogen) atoms. The zero-order chi connectivity index (χ0) is 12.6. The summed E-state index contributed by atoms with van der Waals surface area (Å²) in [6.45, 7) is 0. The van der Waals surface area contributed by atoms with Gasteiger partial charge in [-0.3, -0.25) is 0 Å². The highest BCUT2D eigenvalue weighted by atomic mass is 35.5. The molecule has 0 aliphatic heterocycles. The summed E-state index contributed by atoms with van der Waals surface area (Å²) in [6.07, 6.45) is 0.295. The molecule has 1 aliphatic carbocycles. The molecule has 0 amide bonds. The summed E-state index contributed by atoms with van der Waals surface area (Å²) >= 11 is 5.59. The Morgan fingerprint density at radius 2 is 2.00 bits per heavy atom. The topological polar surface area (TPSA) is 66.4 Å². The zero-order valence-electron chi connectivity index (χ0n) is 8.73. The van der Waals surface area contributed by atoms with Gasteiger partial charge in [0.25, 0.3) is 0 Å². The van der Waals surface area contributed by atoms with Crippen molar-refractivity contribution in [2.45, 2.75) is 29.9 Å². The third-order valence-electron chi connectivity index (χ3n) is 2.58. The zero-order valence-corrected chi connectivity index (χ0v) is 10.3. The van der Waals surface area contributed by atoms with Crippen LogP contribution in [0.25, 0.3) is 0 Å². The highest BCUT2D eigenvalue weighted by Crippen LogP contribution is 2.23. The Hall–Kier alpha value is -0.690. The van der Waals surface area contributed by atoms with E-state index in [4.69, 9.17) is 16.7 Å². The lowest BCUT2D eigenvalue weighted by Gasteiger charge is -2.31. The monoisotopic (exact) mass is 279 g/mol. The molecule has 1 aromatic rings. The number of sulfonamides is 1. The Kier molecular flexibility index (Phi) is 3.40. The van der Waals surface area contributed by atoms with Gasteiger partial charge in [-0.2, -0.15) is 0 Å². The lowest BCUT2D eigenvalue weighted by atomic mass is 9.91. The number of rotatable bonds is 3. The summed E-state index contributed by atoms with van der Waals surface area (Å²) < 4.78 is 39.1. The van der Waals surface area contributed by atoms with E-state index >= 15 is 0 Å². The Morgan fingerprint density at radius 3 is 2.53 bits per heavy atom. The fourth-order valence-corrected chi connectivity index (χ4v) is 3.26. The fourth-order valence-electron chi connectivity index (χ4n) is 1.66. The Bertz CT molecular complexity index is 508. The van der Waals surface area contributed by atoms with Crippen molar-refractivity contribution in [1.82, 2.24) is 4.72 Å². The number of hydrogen-bond acceptors (Lipinski definition) is 3. The number of aliphatic hydroxyl groups excluding tert-OH is 1. The number of benzene rings is 1. The van der Waals surface area contributed by atoms with E-state index in [1.54, 1.807) is 0 Å². The van der Waals surface area contributed by atoms with Gasteiger partial charge in [-0.25, -0.2) is 17.5 Å². The summed E-state index contributed by atoms with van der Waals surface area (Å²) in [7, 11) is -3.77. The van der Waals surface area contributed by atoms with Crippen LogP contribution in [0.15, 0.2) is 23.1 Å². The van der Waals surface area contributed by atoms with Crippen molar-refractivity contribution in [2.24, 2.45) is 0 Å². The standard InChI is InChI=1S/C10H11ClFNO3S/c11-6-1-7(12)3-10(2-6)17(15,16)13-8-4-9(14)5-8/h1-3,8-9,13-14H,4-5H2. The summed E-state index contributed by atoms with van der Waals surface area (Å²) in [4.78, 5) is -0.205. The number of nitrogens with one attached hydrogen (secondary N) is 1. The predicted molar refractivity (Wildman–Crippen MR) is 60.8 cm³/mol. The molecule has 7 heteroatoms. The Balaban J connectivity index is 2.19. The minimum atomic E-state index is -3.77. The van der Waals surface area contributed by atoms with Crippen molar-refractivity contribution in [1.29, 1.82) is 0 Å². The molecule has 0 heterocycles. The maximum atomic E-state index is 13.0. The van der Waals surface area contributed by atoms with Crippen LogP contribution in [0.4, 0.5) is 4.39 Å². The van der Waals surface area contributed by atoms with Crippen LogP contribution in [0, 0.1) is 5.82 Å². The Labute approximate surface area is 103 Å². The molecule has 1 aliphatic rings. The van der Waals surface area contributed by atoms with Crippen LogP contribution >= 0.6 is 11.6 Å². The van der Waals surface area contributed by atoms with Gasteiger partial charge in [0.2, 0.25) is 10.0 Å². The predicted octanol–water partition coefficient (Wildman–Crippen LogP) is 1.28. The van der Waals surface area contributed by atoms with Gasteiger partial charge in [0.05, 0.1) is 11.0 Å². The SMILES string of the molecule is O=S(=O)(NC1CC(O)C1)c1cc(F)cc(Cl)c1. The normalized spacial score (nSPS) is 24.4. The van der Waals surface area contributed by atoms with Crippen molar-refractivity contribution in [3.8, 4) is 0 Å². The molecule has 0 bridgehead atoms. The van der Waals surface area contributed by atoms with E-state index < -0.39 is 21.9 Å². The maximum Gasteiger partial charge on any atom is 0.240 e.